The fourth-order valence-electron chi connectivity index (χ4n) is 2.25. The van der Waals surface area contributed by atoms with Gasteiger partial charge in [-0.25, -0.2) is 0 Å². The summed E-state index contributed by atoms with van der Waals surface area (Å²) in [4.78, 5) is 28.7. The second-order valence-electron chi connectivity index (χ2n) is 5.56. The first-order valence-corrected chi connectivity index (χ1v) is 7.20. The molecule has 2 rings (SSSR count). The van der Waals surface area contributed by atoms with Crippen molar-refractivity contribution < 1.29 is 19.4 Å². The number of amides is 2. The van der Waals surface area contributed by atoms with Gasteiger partial charge in [0, 0.05) is 25.0 Å². The first-order valence-electron chi connectivity index (χ1n) is 7.20. The van der Waals surface area contributed by atoms with Crippen LogP contribution in [-0.4, -0.2) is 60.2 Å². The molecule has 0 saturated carbocycles. The molecule has 0 aliphatic heterocycles. The average Bonchev–Trinajstić information content (AvgIpc) is 2.94. The van der Waals surface area contributed by atoms with E-state index in [9.17, 15) is 14.7 Å². The Hall–Kier alpha value is -2.54. The topological polar surface area (TPSA) is 94.7 Å². The van der Waals surface area contributed by atoms with Crippen LogP contribution in [0.25, 0.3) is 10.9 Å². The molecule has 2 amide bonds. The Labute approximate surface area is 134 Å². The van der Waals surface area contributed by atoms with Gasteiger partial charge in [-0.2, -0.15) is 0 Å². The number of methoxy groups -OCH3 is 1. The zero-order chi connectivity index (χ0) is 17.1. The number of likely N-dealkylation sites (N-methyl/N-ethyl adjacent to an activating group) is 1. The lowest BCUT2D eigenvalue weighted by molar-refractivity contribution is -0.133. The van der Waals surface area contributed by atoms with Crippen molar-refractivity contribution in [2.24, 2.45) is 0 Å². The van der Waals surface area contributed by atoms with Crippen molar-refractivity contribution >= 4 is 22.7 Å². The molecule has 0 bridgehead atoms. The van der Waals surface area contributed by atoms with Gasteiger partial charge in [0.1, 0.15) is 17.5 Å². The number of ether oxygens (including phenoxy) is 1. The molecule has 3 N–H and O–H groups in total. The van der Waals surface area contributed by atoms with E-state index < -0.39 is 18.1 Å². The van der Waals surface area contributed by atoms with Gasteiger partial charge in [0.2, 0.25) is 5.91 Å². The minimum absolute atomic E-state index is 0.311. The largest absolute Gasteiger partial charge is 0.497 e. The van der Waals surface area contributed by atoms with Gasteiger partial charge in [0.05, 0.1) is 13.2 Å². The number of hydrogen-bond donors (Lipinski definition) is 3. The van der Waals surface area contributed by atoms with E-state index in [1.807, 2.05) is 6.07 Å². The highest BCUT2D eigenvalue weighted by Crippen LogP contribution is 2.21. The summed E-state index contributed by atoms with van der Waals surface area (Å²) in [6, 6.07) is 6.07. The number of aliphatic hydroxyl groups is 1. The maximum atomic E-state index is 12.4. The Morgan fingerprint density at radius 3 is 2.57 bits per heavy atom. The summed E-state index contributed by atoms with van der Waals surface area (Å²) in [7, 11) is 4.71. The molecule has 1 aromatic heterocycles. The summed E-state index contributed by atoms with van der Waals surface area (Å²) >= 11 is 0. The zero-order valence-electron chi connectivity index (χ0n) is 13.6. The van der Waals surface area contributed by atoms with Gasteiger partial charge in [-0.05, 0) is 31.2 Å². The molecule has 0 spiro atoms. The number of H-pyrrole nitrogens is 1. The first-order chi connectivity index (χ1) is 10.8. The van der Waals surface area contributed by atoms with E-state index in [2.05, 4.69) is 10.3 Å². The maximum Gasteiger partial charge on any atom is 0.268 e. The van der Waals surface area contributed by atoms with Crippen molar-refractivity contribution in [2.75, 3.05) is 21.2 Å². The smallest absolute Gasteiger partial charge is 0.268 e. The molecule has 0 aliphatic rings. The molecule has 0 radical (unpaired) electrons. The molecular weight excluding hydrogens is 298 g/mol. The van der Waals surface area contributed by atoms with E-state index >= 15 is 0 Å². The van der Waals surface area contributed by atoms with E-state index in [0.717, 1.165) is 10.9 Å². The number of aromatic amines is 1. The molecule has 0 fully saturated rings. The molecule has 1 heterocycles. The van der Waals surface area contributed by atoms with E-state index in [4.69, 9.17) is 4.74 Å². The lowest BCUT2D eigenvalue weighted by atomic mass is 10.1. The number of rotatable bonds is 5. The number of carbonyl (C=O) groups excluding carboxylic acids is 2. The molecule has 0 aliphatic carbocycles. The predicted molar refractivity (Wildman–Crippen MR) is 86.5 cm³/mol. The fraction of sp³-hybridized carbons (Fsp3) is 0.375. The van der Waals surface area contributed by atoms with E-state index in [-0.39, 0.29) is 5.91 Å². The Morgan fingerprint density at radius 2 is 2.00 bits per heavy atom. The summed E-state index contributed by atoms with van der Waals surface area (Å²) in [6.07, 6.45) is -1.00. The standard InChI is InChI=1S/C16H21N3O4/c1-9(20)14(16(22)19(2)3)18-15(21)13-8-10-7-11(23-4)5-6-12(10)17-13/h5-9,14,17,20H,1-4H3,(H,18,21)/t9-,14+/m1/s1. The monoisotopic (exact) mass is 319 g/mol. The van der Waals surface area contributed by atoms with Gasteiger partial charge in [-0.1, -0.05) is 0 Å². The van der Waals surface area contributed by atoms with Crippen LogP contribution in [0.4, 0.5) is 0 Å². The van der Waals surface area contributed by atoms with Crippen LogP contribution in [0, 0.1) is 0 Å². The molecule has 0 unspecified atom stereocenters. The van der Waals surface area contributed by atoms with E-state index in [1.54, 1.807) is 39.4 Å². The van der Waals surface area contributed by atoms with Gasteiger partial charge < -0.3 is 25.0 Å². The number of aliphatic hydroxyl groups excluding tert-OH is 1. The van der Waals surface area contributed by atoms with Gasteiger partial charge >= 0.3 is 0 Å². The summed E-state index contributed by atoms with van der Waals surface area (Å²) in [5, 5.41) is 13.1. The number of carbonyl (C=O) groups is 2. The Balaban J connectivity index is 2.23. The van der Waals surface area contributed by atoms with Crippen molar-refractivity contribution in [3.8, 4) is 5.75 Å². The minimum Gasteiger partial charge on any atom is -0.497 e. The molecule has 1 aromatic carbocycles. The molecular formula is C16H21N3O4. The van der Waals surface area contributed by atoms with Crippen molar-refractivity contribution in [2.45, 2.75) is 19.1 Å². The third-order valence-electron chi connectivity index (χ3n) is 3.55. The Bertz CT molecular complexity index is 721. The molecule has 2 atom stereocenters. The number of fused-ring (bicyclic) bond motifs is 1. The number of aromatic nitrogens is 1. The van der Waals surface area contributed by atoms with Crippen LogP contribution in [-0.2, 0) is 4.79 Å². The average molecular weight is 319 g/mol. The summed E-state index contributed by atoms with van der Waals surface area (Å²) in [6.45, 7) is 1.46. The van der Waals surface area contributed by atoms with Crippen LogP contribution in [0.1, 0.15) is 17.4 Å². The van der Waals surface area contributed by atoms with Gasteiger partial charge in [-0.3, -0.25) is 9.59 Å². The number of hydrogen-bond acceptors (Lipinski definition) is 4. The second kappa shape index (κ2) is 6.70. The highest BCUT2D eigenvalue weighted by molar-refractivity contribution is 6.00. The van der Waals surface area contributed by atoms with Crippen molar-refractivity contribution in [3.63, 3.8) is 0 Å². The van der Waals surface area contributed by atoms with Crippen molar-refractivity contribution in [1.29, 1.82) is 0 Å². The Kier molecular flexibility index (Phi) is 4.90. The lowest BCUT2D eigenvalue weighted by Crippen LogP contribution is -2.52. The normalized spacial score (nSPS) is 13.4. The molecule has 7 heteroatoms. The SMILES string of the molecule is COc1ccc2[nH]c(C(=O)N[C@H](C(=O)N(C)C)[C@@H](C)O)cc2c1. The predicted octanol–water partition coefficient (Wildman–Crippen LogP) is 0.744. The first kappa shape index (κ1) is 16.8. The molecule has 0 saturated heterocycles. The molecule has 124 valence electrons. The summed E-state index contributed by atoms with van der Waals surface area (Å²) in [5.41, 5.74) is 1.09. The second-order valence-corrected chi connectivity index (χ2v) is 5.56. The lowest BCUT2D eigenvalue weighted by Gasteiger charge is -2.23. The zero-order valence-corrected chi connectivity index (χ0v) is 13.6. The van der Waals surface area contributed by atoms with Gasteiger partial charge in [0.15, 0.2) is 0 Å². The molecule has 7 nitrogen and oxygen atoms in total. The molecule has 2 aromatic rings. The van der Waals surface area contributed by atoms with E-state index in [0.29, 0.717) is 11.4 Å². The number of benzene rings is 1. The van der Waals surface area contributed by atoms with Crippen LogP contribution < -0.4 is 10.1 Å². The van der Waals surface area contributed by atoms with Gasteiger partial charge in [-0.15, -0.1) is 0 Å². The van der Waals surface area contributed by atoms with Crippen molar-refractivity contribution in [1.82, 2.24) is 15.2 Å². The van der Waals surface area contributed by atoms with Crippen LogP contribution >= 0.6 is 0 Å². The fourth-order valence-corrected chi connectivity index (χ4v) is 2.25. The number of nitrogens with zero attached hydrogens (tertiary/aromatic N) is 1. The highest BCUT2D eigenvalue weighted by atomic mass is 16.5. The van der Waals surface area contributed by atoms with Crippen LogP contribution in [0.2, 0.25) is 0 Å². The van der Waals surface area contributed by atoms with Gasteiger partial charge in [0.25, 0.3) is 5.91 Å². The molecule has 23 heavy (non-hydrogen) atoms. The number of nitrogens with one attached hydrogen (secondary N) is 2. The van der Waals surface area contributed by atoms with Crippen LogP contribution in [0.5, 0.6) is 5.75 Å². The Morgan fingerprint density at radius 1 is 1.30 bits per heavy atom. The summed E-state index contributed by atoms with van der Waals surface area (Å²) < 4.78 is 5.15. The quantitative estimate of drug-likeness (QED) is 0.758. The van der Waals surface area contributed by atoms with Crippen molar-refractivity contribution in [3.05, 3.63) is 30.0 Å². The highest BCUT2D eigenvalue weighted by Gasteiger charge is 2.27. The van der Waals surface area contributed by atoms with Crippen LogP contribution in [0.15, 0.2) is 24.3 Å². The van der Waals surface area contributed by atoms with Crippen LogP contribution in [0.3, 0.4) is 0 Å². The minimum atomic E-state index is -1.00. The third-order valence-corrected chi connectivity index (χ3v) is 3.55. The maximum absolute atomic E-state index is 12.4. The van der Waals surface area contributed by atoms with E-state index in [1.165, 1.54) is 11.8 Å². The summed E-state index contributed by atoms with van der Waals surface area (Å²) in [5.74, 6) is -0.138. The third kappa shape index (κ3) is 3.62.